The Morgan fingerprint density at radius 1 is 1.53 bits per heavy atom. The summed E-state index contributed by atoms with van der Waals surface area (Å²) in [5.74, 6) is 0.776. The molecule has 1 unspecified atom stereocenters. The van der Waals surface area contributed by atoms with Crippen LogP contribution in [0.15, 0.2) is 18.5 Å². The smallest absolute Gasteiger partial charge is 0.0998 e. The number of hydrogen-bond acceptors (Lipinski definition) is 4. The Kier molecular flexibility index (Phi) is 2.38. The van der Waals surface area contributed by atoms with Gasteiger partial charge in [-0.05, 0) is 31.5 Å². The molecule has 2 aromatic rings. The van der Waals surface area contributed by atoms with Gasteiger partial charge in [-0.2, -0.15) is 0 Å². The Labute approximate surface area is 92.6 Å². The molecule has 3 rings (SSSR count). The van der Waals surface area contributed by atoms with Gasteiger partial charge in [0, 0.05) is 12.6 Å². The molecule has 4 heteroatoms. The quantitative estimate of drug-likeness (QED) is 0.837. The van der Waals surface area contributed by atoms with E-state index < -0.39 is 0 Å². The van der Waals surface area contributed by atoms with Gasteiger partial charge < -0.3 is 5.32 Å². The zero-order chi connectivity index (χ0) is 10.1. The predicted octanol–water partition coefficient (Wildman–Crippen LogP) is 1.84. The largest absolute Gasteiger partial charge is 0.316 e. The van der Waals surface area contributed by atoms with Gasteiger partial charge >= 0.3 is 0 Å². The maximum Gasteiger partial charge on any atom is 0.0998 e. The van der Waals surface area contributed by atoms with E-state index >= 15 is 0 Å². The highest BCUT2D eigenvalue weighted by molar-refractivity contribution is 7.18. The number of aromatic nitrogens is 2. The van der Waals surface area contributed by atoms with Crippen molar-refractivity contribution in [1.29, 1.82) is 0 Å². The first-order chi connectivity index (χ1) is 7.42. The predicted molar refractivity (Wildman–Crippen MR) is 62.1 cm³/mol. The van der Waals surface area contributed by atoms with Crippen molar-refractivity contribution in [3.05, 3.63) is 23.5 Å². The van der Waals surface area contributed by atoms with Gasteiger partial charge in [-0.1, -0.05) is 0 Å². The fourth-order valence-corrected chi connectivity index (χ4v) is 3.10. The normalized spacial score (nSPS) is 21.2. The molecule has 0 bridgehead atoms. The molecule has 0 radical (unpaired) electrons. The van der Waals surface area contributed by atoms with Crippen molar-refractivity contribution in [2.24, 2.45) is 5.92 Å². The monoisotopic (exact) mass is 219 g/mol. The second-order valence-electron chi connectivity index (χ2n) is 4.01. The Balaban J connectivity index is 1.84. The van der Waals surface area contributed by atoms with Crippen LogP contribution in [0.1, 0.15) is 11.4 Å². The highest BCUT2D eigenvalue weighted by atomic mass is 32.1. The molecular weight excluding hydrogens is 206 g/mol. The molecule has 1 atom stereocenters. The van der Waals surface area contributed by atoms with Gasteiger partial charge in [-0.25, -0.2) is 4.98 Å². The van der Waals surface area contributed by atoms with Crippen LogP contribution in [0, 0.1) is 5.92 Å². The minimum atomic E-state index is 0.776. The number of nitrogens with one attached hydrogen (secondary N) is 1. The summed E-state index contributed by atoms with van der Waals surface area (Å²) in [7, 11) is 0. The van der Waals surface area contributed by atoms with Crippen LogP contribution in [0.25, 0.3) is 10.2 Å². The zero-order valence-corrected chi connectivity index (χ0v) is 9.26. The molecule has 1 fully saturated rings. The molecule has 1 aliphatic heterocycles. The van der Waals surface area contributed by atoms with Gasteiger partial charge in [0.25, 0.3) is 0 Å². The van der Waals surface area contributed by atoms with Crippen molar-refractivity contribution < 1.29 is 0 Å². The van der Waals surface area contributed by atoms with Crippen LogP contribution < -0.4 is 5.32 Å². The maximum absolute atomic E-state index is 4.60. The lowest BCUT2D eigenvalue weighted by atomic mass is 10.1. The topological polar surface area (TPSA) is 37.8 Å². The zero-order valence-electron chi connectivity index (χ0n) is 8.44. The van der Waals surface area contributed by atoms with Crippen molar-refractivity contribution >= 4 is 21.6 Å². The van der Waals surface area contributed by atoms with Crippen molar-refractivity contribution in [3.8, 4) is 0 Å². The molecule has 0 spiro atoms. The molecule has 0 aromatic carbocycles. The van der Waals surface area contributed by atoms with Crippen molar-refractivity contribution in [1.82, 2.24) is 15.3 Å². The van der Waals surface area contributed by atoms with Crippen molar-refractivity contribution in [2.75, 3.05) is 13.1 Å². The van der Waals surface area contributed by atoms with Crippen LogP contribution >= 0.6 is 11.3 Å². The first-order valence-electron chi connectivity index (χ1n) is 5.32. The van der Waals surface area contributed by atoms with Crippen LogP contribution in [0.2, 0.25) is 0 Å². The lowest BCUT2D eigenvalue weighted by Gasteiger charge is -2.03. The van der Waals surface area contributed by atoms with E-state index in [4.69, 9.17) is 0 Å². The number of rotatable bonds is 2. The lowest BCUT2D eigenvalue weighted by molar-refractivity contribution is 0.579. The summed E-state index contributed by atoms with van der Waals surface area (Å²) >= 11 is 1.81. The Morgan fingerprint density at radius 2 is 2.53 bits per heavy atom. The molecule has 1 saturated heterocycles. The number of fused-ring (bicyclic) bond motifs is 1. The van der Waals surface area contributed by atoms with E-state index in [2.05, 4.69) is 15.3 Å². The van der Waals surface area contributed by atoms with E-state index in [0.29, 0.717) is 0 Å². The minimum absolute atomic E-state index is 0.776. The van der Waals surface area contributed by atoms with Crippen molar-refractivity contribution in [2.45, 2.75) is 12.8 Å². The highest BCUT2D eigenvalue weighted by Crippen LogP contribution is 2.24. The van der Waals surface area contributed by atoms with Gasteiger partial charge in [0.15, 0.2) is 0 Å². The van der Waals surface area contributed by atoms with Gasteiger partial charge in [0.2, 0.25) is 0 Å². The third-order valence-electron chi connectivity index (χ3n) is 2.86. The molecule has 3 heterocycles. The molecule has 3 nitrogen and oxygen atoms in total. The first kappa shape index (κ1) is 9.24. The van der Waals surface area contributed by atoms with E-state index in [1.807, 2.05) is 18.5 Å². The number of pyridine rings is 1. The molecule has 15 heavy (non-hydrogen) atoms. The average Bonchev–Trinajstić information content (AvgIpc) is 2.86. The molecule has 1 N–H and O–H groups in total. The fourth-order valence-electron chi connectivity index (χ4n) is 2.05. The second kappa shape index (κ2) is 3.87. The van der Waals surface area contributed by atoms with Gasteiger partial charge in [0.05, 0.1) is 21.4 Å². The molecule has 0 amide bonds. The SMILES string of the molecule is c1cc2sc(CC3CCNC3)nc2cn1. The van der Waals surface area contributed by atoms with Crippen LogP contribution in [0.4, 0.5) is 0 Å². The van der Waals surface area contributed by atoms with E-state index in [-0.39, 0.29) is 0 Å². The maximum atomic E-state index is 4.60. The van der Waals surface area contributed by atoms with E-state index in [0.717, 1.165) is 30.9 Å². The Morgan fingerprint density at radius 3 is 3.33 bits per heavy atom. The fraction of sp³-hybridized carbons (Fsp3) is 0.455. The van der Waals surface area contributed by atoms with E-state index in [9.17, 15) is 0 Å². The third-order valence-corrected chi connectivity index (χ3v) is 3.92. The molecular formula is C11H13N3S. The summed E-state index contributed by atoms with van der Waals surface area (Å²) in [6, 6.07) is 2.05. The summed E-state index contributed by atoms with van der Waals surface area (Å²) in [6.45, 7) is 2.31. The molecule has 78 valence electrons. The third kappa shape index (κ3) is 1.87. The van der Waals surface area contributed by atoms with Crippen LogP contribution in [-0.4, -0.2) is 23.1 Å². The summed E-state index contributed by atoms with van der Waals surface area (Å²) in [4.78, 5) is 8.69. The average molecular weight is 219 g/mol. The standard InChI is InChI=1S/C11H13N3S/c1-3-12-6-8(1)5-11-14-9-7-13-4-2-10(9)15-11/h2,4,7-8,12H,1,3,5-6H2. The van der Waals surface area contributed by atoms with Gasteiger partial charge in [-0.15, -0.1) is 11.3 Å². The van der Waals surface area contributed by atoms with Crippen LogP contribution in [-0.2, 0) is 6.42 Å². The minimum Gasteiger partial charge on any atom is -0.316 e. The van der Waals surface area contributed by atoms with Gasteiger partial charge in [-0.3, -0.25) is 4.98 Å². The number of hydrogen-bond donors (Lipinski definition) is 1. The summed E-state index contributed by atoms with van der Waals surface area (Å²) in [5, 5.41) is 4.65. The van der Waals surface area contributed by atoms with Crippen LogP contribution in [0.5, 0.6) is 0 Å². The summed E-state index contributed by atoms with van der Waals surface area (Å²) < 4.78 is 1.26. The molecule has 0 aliphatic carbocycles. The summed E-state index contributed by atoms with van der Waals surface area (Å²) in [5.41, 5.74) is 1.04. The Hall–Kier alpha value is -1.00. The van der Waals surface area contributed by atoms with E-state index in [1.165, 1.54) is 16.1 Å². The van der Waals surface area contributed by atoms with Gasteiger partial charge in [0.1, 0.15) is 0 Å². The molecule has 0 saturated carbocycles. The second-order valence-corrected chi connectivity index (χ2v) is 5.13. The van der Waals surface area contributed by atoms with E-state index in [1.54, 1.807) is 11.3 Å². The summed E-state index contributed by atoms with van der Waals surface area (Å²) in [6.07, 6.45) is 6.09. The van der Waals surface area contributed by atoms with Crippen LogP contribution in [0.3, 0.4) is 0 Å². The lowest BCUT2D eigenvalue weighted by Crippen LogP contribution is -2.10. The Bertz CT molecular complexity index is 427. The molecule has 1 aliphatic rings. The highest BCUT2D eigenvalue weighted by Gasteiger charge is 2.16. The number of nitrogens with zero attached hydrogens (tertiary/aromatic N) is 2. The molecule has 2 aromatic heterocycles. The number of thiazole rings is 1. The van der Waals surface area contributed by atoms with Crippen molar-refractivity contribution in [3.63, 3.8) is 0 Å². The first-order valence-corrected chi connectivity index (χ1v) is 6.13.